The number of halogens is 4. The maximum atomic E-state index is 12.7. The molecule has 2 rings (SSSR count). The molecule has 1 aromatic rings. The van der Waals surface area contributed by atoms with Gasteiger partial charge in [-0.2, -0.15) is 17.6 Å². The highest BCUT2D eigenvalue weighted by Gasteiger charge is 2.44. The average Bonchev–Trinajstić information content (AvgIpc) is 2.14. The van der Waals surface area contributed by atoms with Gasteiger partial charge in [0.2, 0.25) is 0 Å². The van der Waals surface area contributed by atoms with Crippen LogP contribution in [-0.4, -0.2) is 19.1 Å². The van der Waals surface area contributed by atoms with Gasteiger partial charge in [-0.05, 0) is 30.7 Å². The van der Waals surface area contributed by atoms with Gasteiger partial charge in [-0.15, -0.1) is 0 Å². The summed E-state index contributed by atoms with van der Waals surface area (Å²) in [5.74, 6) is -0.249. The second-order valence-corrected chi connectivity index (χ2v) is 3.83. The van der Waals surface area contributed by atoms with Crippen molar-refractivity contribution in [2.24, 2.45) is 0 Å². The van der Waals surface area contributed by atoms with Gasteiger partial charge in [-0.3, -0.25) is 0 Å². The highest BCUT2D eigenvalue weighted by Crippen LogP contribution is 2.30. The van der Waals surface area contributed by atoms with Crippen molar-refractivity contribution in [3.05, 3.63) is 29.8 Å². The molecule has 94 valence electrons. The highest BCUT2D eigenvalue weighted by atomic mass is 19.3. The Morgan fingerprint density at radius 2 is 2.06 bits per heavy atom. The molecule has 6 heteroatoms. The van der Waals surface area contributed by atoms with Gasteiger partial charge in [0.05, 0.1) is 0 Å². The van der Waals surface area contributed by atoms with Gasteiger partial charge in [-0.1, -0.05) is 12.1 Å². The lowest BCUT2D eigenvalue weighted by Gasteiger charge is -2.28. The van der Waals surface area contributed by atoms with Crippen molar-refractivity contribution >= 4 is 0 Å². The van der Waals surface area contributed by atoms with Gasteiger partial charge in [-0.25, -0.2) is 0 Å². The Morgan fingerprint density at radius 3 is 2.59 bits per heavy atom. The Morgan fingerprint density at radius 1 is 1.35 bits per heavy atom. The zero-order chi connectivity index (χ0) is 12.5. The summed E-state index contributed by atoms with van der Waals surface area (Å²) in [5.41, 5.74) is 0.763. The van der Waals surface area contributed by atoms with E-state index in [9.17, 15) is 17.6 Å². The molecule has 1 atom stereocenters. The molecule has 0 bridgehead atoms. The molecular weight excluding hydrogens is 238 g/mol. The first-order valence-corrected chi connectivity index (χ1v) is 5.17. The molecule has 0 unspecified atom stereocenters. The SMILES string of the molecule is FC(F)C(F)(F)Oc1cccc([C@H]2CCN2)c1. The quantitative estimate of drug-likeness (QED) is 0.828. The molecule has 0 amide bonds. The molecule has 1 aliphatic heterocycles. The predicted octanol–water partition coefficient (Wildman–Crippen LogP) is 2.96. The lowest BCUT2D eigenvalue weighted by Crippen LogP contribution is -2.35. The second-order valence-electron chi connectivity index (χ2n) is 3.83. The standard InChI is InChI=1S/C11H11F4NO/c12-10(13)11(14,15)17-8-3-1-2-7(6-8)9-4-5-16-9/h1-3,6,9-10,16H,4-5H2/t9-/m1/s1. The number of ether oxygens (including phenoxy) is 1. The van der Waals surface area contributed by atoms with Crippen molar-refractivity contribution < 1.29 is 22.3 Å². The Hall–Kier alpha value is -1.30. The topological polar surface area (TPSA) is 21.3 Å². The van der Waals surface area contributed by atoms with Gasteiger partial charge < -0.3 is 10.1 Å². The van der Waals surface area contributed by atoms with Crippen LogP contribution in [0, 0.1) is 0 Å². The Balaban J connectivity index is 2.10. The molecule has 1 N–H and O–H groups in total. The minimum atomic E-state index is -4.45. The van der Waals surface area contributed by atoms with Crippen LogP contribution in [0.4, 0.5) is 17.6 Å². The number of hydrogen-bond acceptors (Lipinski definition) is 2. The summed E-state index contributed by atoms with van der Waals surface area (Å²) in [6, 6.07) is 5.93. The highest BCUT2D eigenvalue weighted by molar-refractivity contribution is 5.31. The second kappa shape index (κ2) is 4.52. The van der Waals surface area contributed by atoms with E-state index < -0.39 is 12.5 Å². The van der Waals surface area contributed by atoms with Crippen LogP contribution in [0.5, 0.6) is 5.75 Å². The molecule has 2 nitrogen and oxygen atoms in total. The van der Waals surface area contributed by atoms with E-state index in [-0.39, 0.29) is 11.8 Å². The summed E-state index contributed by atoms with van der Waals surface area (Å²) in [7, 11) is 0. The van der Waals surface area contributed by atoms with Crippen LogP contribution in [0.25, 0.3) is 0 Å². The van der Waals surface area contributed by atoms with Gasteiger partial charge in [0.25, 0.3) is 0 Å². The number of rotatable bonds is 4. The van der Waals surface area contributed by atoms with Crippen molar-refractivity contribution in [3.8, 4) is 5.75 Å². The summed E-state index contributed by atoms with van der Waals surface area (Å²) in [4.78, 5) is 0. The first-order chi connectivity index (χ1) is 7.99. The summed E-state index contributed by atoms with van der Waals surface area (Å²) >= 11 is 0. The number of hydrogen-bond donors (Lipinski definition) is 1. The normalized spacial score (nSPS) is 20.2. The van der Waals surface area contributed by atoms with E-state index in [1.807, 2.05) is 0 Å². The van der Waals surface area contributed by atoms with E-state index in [1.165, 1.54) is 18.2 Å². The summed E-state index contributed by atoms with van der Waals surface area (Å²) in [6.45, 7) is 0.864. The Kier molecular flexibility index (Phi) is 3.24. The van der Waals surface area contributed by atoms with Crippen molar-refractivity contribution in [2.75, 3.05) is 6.54 Å². The maximum absolute atomic E-state index is 12.7. The van der Waals surface area contributed by atoms with Crippen LogP contribution < -0.4 is 10.1 Å². The number of nitrogens with one attached hydrogen (secondary N) is 1. The van der Waals surface area contributed by atoms with Crippen molar-refractivity contribution in [2.45, 2.75) is 25.0 Å². The van der Waals surface area contributed by atoms with E-state index >= 15 is 0 Å². The lowest BCUT2D eigenvalue weighted by atomic mass is 9.98. The molecule has 17 heavy (non-hydrogen) atoms. The van der Waals surface area contributed by atoms with Crippen molar-refractivity contribution in [1.82, 2.24) is 5.32 Å². The minimum Gasteiger partial charge on any atom is -0.428 e. The van der Waals surface area contributed by atoms with Gasteiger partial charge in [0, 0.05) is 6.04 Å². The van der Waals surface area contributed by atoms with Gasteiger partial charge in [0.15, 0.2) is 0 Å². The first kappa shape index (κ1) is 12.2. The van der Waals surface area contributed by atoms with Crippen LogP contribution in [0.3, 0.4) is 0 Å². The predicted molar refractivity (Wildman–Crippen MR) is 53.4 cm³/mol. The summed E-state index contributed by atoms with van der Waals surface area (Å²) < 4.78 is 53.3. The average molecular weight is 249 g/mol. The minimum absolute atomic E-state index is 0.0960. The van der Waals surface area contributed by atoms with Crippen molar-refractivity contribution in [1.29, 1.82) is 0 Å². The lowest BCUT2D eigenvalue weighted by molar-refractivity contribution is -0.253. The summed E-state index contributed by atoms with van der Waals surface area (Å²) in [6.07, 6.45) is -7.40. The van der Waals surface area contributed by atoms with Crippen molar-refractivity contribution in [3.63, 3.8) is 0 Å². The molecule has 1 fully saturated rings. The molecule has 1 aromatic carbocycles. The smallest absolute Gasteiger partial charge is 0.428 e. The van der Waals surface area contributed by atoms with Crippen LogP contribution in [0.2, 0.25) is 0 Å². The largest absolute Gasteiger partial charge is 0.461 e. The molecule has 1 heterocycles. The van der Waals surface area contributed by atoms with E-state index in [4.69, 9.17) is 0 Å². The van der Waals surface area contributed by atoms with E-state index in [1.54, 1.807) is 6.07 Å². The molecule has 0 aliphatic carbocycles. The Bertz CT molecular complexity index is 393. The molecule has 0 aromatic heterocycles. The molecule has 0 spiro atoms. The fraction of sp³-hybridized carbons (Fsp3) is 0.455. The molecule has 1 aliphatic rings. The molecular formula is C11H11F4NO. The number of alkyl halides is 4. The Labute approximate surface area is 95.6 Å². The molecule has 0 radical (unpaired) electrons. The number of benzene rings is 1. The zero-order valence-electron chi connectivity index (χ0n) is 8.80. The van der Waals surface area contributed by atoms with Gasteiger partial charge in [0.1, 0.15) is 5.75 Å². The van der Waals surface area contributed by atoms with Crippen LogP contribution in [0.1, 0.15) is 18.0 Å². The fourth-order valence-corrected chi connectivity index (χ4v) is 1.57. The van der Waals surface area contributed by atoms with E-state index in [0.29, 0.717) is 0 Å². The van der Waals surface area contributed by atoms with Gasteiger partial charge >= 0.3 is 12.5 Å². The third-order valence-corrected chi connectivity index (χ3v) is 2.59. The summed E-state index contributed by atoms with van der Waals surface area (Å²) in [5, 5.41) is 3.08. The monoisotopic (exact) mass is 249 g/mol. The molecule has 0 saturated carbocycles. The van der Waals surface area contributed by atoms with Crippen LogP contribution >= 0.6 is 0 Å². The zero-order valence-corrected chi connectivity index (χ0v) is 8.80. The van der Waals surface area contributed by atoms with Crippen LogP contribution in [-0.2, 0) is 0 Å². The maximum Gasteiger partial charge on any atom is 0.461 e. The fourth-order valence-electron chi connectivity index (χ4n) is 1.57. The third kappa shape index (κ3) is 2.69. The van der Waals surface area contributed by atoms with Crippen LogP contribution in [0.15, 0.2) is 24.3 Å². The first-order valence-electron chi connectivity index (χ1n) is 5.17. The third-order valence-electron chi connectivity index (χ3n) is 2.59. The van der Waals surface area contributed by atoms with E-state index in [0.717, 1.165) is 18.5 Å². The molecule has 1 saturated heterocycles. The van der Waals surface area contributed by atoms with E-state index in [2.05, 4.69) is 10.1 Å².